The van der Waals surface area contributed by atoms with E-state index < -0.39 is 17.4 Å². The van der Waals surface area contributed by atoms with Crippen LogP contribution in [0.15, 0.2) is 48.8 Å². The summed E-state index contributed by atoms with van der Waals surface area (Å²) in [5.41, 5.74) is 8.29. The molecule has 1 aliphatic rings. The Balaban J connectivity index is 1.52. The molecule has 9 heteroatoms. The van der Waals surface area contributed by atoms with Gasteiger partial charge in [0.2, 0.25) is 0 Å². The number of benzene rings is 2. The van der Waals surface area contributed by atoms with Crippen LogP contribution in [0, 0.1) is 11.6 Å². The van der Waals surface area contributed by atoms with E-state index in [0.717, 1.165) is 43.6 Å². The van der Waals surface area contributed by atoms with E-state index in [-0.39, 0.29) is 6.04 Å². The van der Waals surface area contributed by atoms with Gasteiger partial charge < -0.3 is 15.8 Å². The van der Waals surface area contributed by atoms with E-state index in [1.807, 2.05) is 4.68 Å². The number of rotatable bonds is 4. The van der Waals surface area contributed by atoms with Crippen molar-refractivity contribution in [2.45, 2.75) is 18.9 Å². The maximum absolute atomic E-state index is 13.9. The average Bonchev–Trinajstić information content (AvgIpc) is 3.19. The van der Waals surface area contributed by atoms with E-state index in [1.165, 1.54) is 12.4 Å². The molecule has 2 aromatic heterocycles. The monoisotopic (exact) mass is 422 g/mol. The van der Waals surface area contributed by atoms with Crippen LogP contribution in [0.5, 0.6) is 11.5 Å². The first-order valence-corrected chi connectivity index (χ1v) is 10.0. The Morgan fingerprint density at radius 3 is 2.55 bits per heavy atom. The lowest BCUT2D eigenvalue weighted by Gasteiger charge is -2.23. The first-order chi connectivity index (χ1) is 15.1. The topological polar surface area (TPSA) is 90.9 Å². The number of nitrogens with zero attached hydrogens (tertiary/aromatic N) is 4. The Morgan fingerprint density at radius 1 is 1.06 bits per heavy atom. The largest absolute Gasteiger partial charge is 0.451 e. The number of nitrogens with one attached hydrogen (secondary N) is 1. The van der Waals surface area contributed by atoms with Crippen molar-refractivity contribution in [2.24, 2.45) is 0 Å². The van der Waals surface area contributed by atoms with Gasteiger partial charge in [-0.25, -0.2) is 23.4 Å². The van der Waals surface area contributed by atoms with Gasteiger partial charge in [0.1, 0.15) is 23.6 Å². The van der Waals surface area contributed by atoms with E-state index in [9.17, 15) is 8.78 Å². The third-order valence-electron chi connectivity index (χ3n) is 5.40. The lowest BCUT2D eigenvalue weighted by atomic mass is 10.1. The van der Waals surface area contributed by atoms with Crippen molar-refractivity contribution < 1.29 is 13.5 Å². The number of nitrogens with two attached hydrogens (primary N) is 1. The zero-order valence-corrected chi connectivity index (χ0v) is 16.6. The number of hydrogen-bond acceptors (Lipinski definition) is 6. The summed E-state index contributed by atoms with van der Waals surface area (Å²) in [6.07, 6.45) is 3.49. The second-order valence-electron chi connectivity index (χ2n) is 7.43. The highest BCUT2D eigenvalue weighted by Crippen LogP contribution is 2.34. The van der Waals surface area contributed by atoms with Gasteiger partial charge in [0, 0.05) is 12.1 Å². The second-order valence-corrected chi connectivity index (χ2v) is 7.43. The molecular weight excluding hydrogens is 402 g/mol. The zero-order chi connectivity index (χ0) is 21.4. The summed E-state index contributed by atoms with van der Waals surface area (Å²) in [7, 11) is 0. The molecule has 0 aliphatic carbocycles. The van der Waals surface area contributed by atoms with Crippen molar-refractivity contribution in [1.29, 1.82) is 0 Å². The zero-order valence-electron chi connectivity index (χ0n) is 16.6. The summed E-state index contributed by atoms with van der Waals surface area (Å²) in [5, 5.41) is 8.89. The summed E-state index contributed by atoms with van der Waals surface area (Å²) in [6, 6.07) is 10.6. The quantitative estimate of drug-likeness (QED) is 0.515. The van der Waals surface area contributed by atoms with Crippen LogP contribution in [-0.2, 0) is 0 Å². The fourth-order valence-corrected chi connectivity index (χ4v) is 3.87. The molecule has 0 bridgehead atoms. The SMILES string of the molecule is Nc1ncnc2c1c(-c1ccc(Oc3c(F)cccc3F)cc1)nn2[C@@H]1CCCNC1. The summed E-state index contributed by atoms with van der Waals surface area (Å²) < 4.78 is 35.1. The van der Waals surface area contributed by atoms with Crippen molar-refractivity contribution in [1.82, 2.24) is 25.1 Å². The summed E-state index contributed by atoms with van der Waals surface area (Å²) >= 11 is 0. The molecule has 0 saturated carbocycles. The van der Waals surface area contributed by atoms with Crippen molar-refractivity contribution in [3.8, 4) is 22.8 Å². The van der Waals surface area contributed by atoms with Gasteiger partial charge in [-0.05, 0) is 55.8 Å². The maximum Gasteiger partial charge on any atom is 0.198 e. The highest BCUT2D eigenvalue weighted by Gasteiger charge is 2.23. The van der Waals surface area contributed by atoms with Crippen LogP contribution < -0.4 is 15.8 Å². The standard InChI is InChI=1S/C22H20F2N6O/c23-16-4-1-5-17(24)20(16)31-15-8-6-13(7-9-15)19-18-21(25)27-12-28-22(18)30(29-19)14-3-2-10-26-11-14/h1,4-9,12,14,26H,2-3,10-11H2,(H2,25,27,28)/t14-/m1/s1. The number of piperidine rings is 1. The number of halogens is 2. The second kappa shape index (κ2) is 7.92. The molecule has 0 radical (unpaired) electrons. The third-order valence-corrected chi connectivity index (χ3v) is 5.40. The van der Waals surface area contributed by atoms with Crippen LogP contribution >= 0.6 is 0 Å². The first kappa shape index (κ1) is 19.4. The summed E-state index contributed by atoms with van der Waals surface area (Å²) in [4.78, 5) is 8.56. The fraction of sp³-hybridized carbons (Fsp3) is 0.227. The molecule has 2 aromatic carbocycles. The molecule has 4 aromatic rings. The molecule has 1 atom stereocenters. The minimum absolute atomic E-state index is 0.172. The van der Waals surface area contributed by atoms with Crippen molar-refractivity contribution in [3.05, 3.63) is 60.4 Å². The lowest BCUT2D eigenvalue weighted by Crippen LogP contribution is -2.32. The summed E-state index contributed by atoms with van der Waals surface area (Å²) in [6.45, 7) is 1.80. The molecule has 3 heterocycles. The number of aromatic nitrogens is 4. The van der Waals surface area contributed by atoms with Crippen LogP contribution in [0.1, 0.15) is 18.9 Å². The predicted octanol–water partition coefficient (Wildman–Crippen LogP) is 4.07. The van der Waals surface area contributed by atoms with Crippen LogP contribution in [0.4, 0.5) is 14.6 Å². The number of nitrogen functional groups attached to an aromatic ring is 1. The Bertz CT molecular complexity index is 1210. The van der Waals surface area contributed by atoms with E-state index in [4.69, 9.17) is 15.6 Å². The Kier molecular flexibility index (Phi) is 4.95. The number of para-hydroxylation sites is 1. The molecule has 1 saturated heterocycles. The smallest absolute Gasteiger partial charge is 0.198 e. The van der Waals surface area contributed by atoms with Gasteiger partial charge in [0.25, 0.3) is 0 Å². The molecule has 7 nitrogen and oxygen atoms in total. The maximum atomic E-state index is 13.9. The normalized spacial score (nSPS) is 16.5. The van der Waals surface area contributed by atoms with E-state index in [2.05, 4.69) is 15.3 Å². The van der Waals surface area contributed by atoms with Crippen LogP contribution in [-0.4, -0.2) is 32.8 Å². The molecule has 1 aliphatic heterocycles. The van der Waals surface area contributed by atoms with Gasteiger partial charge in [0.15, 0.2) is 23.0 Å². The minimum Gasteiger partial charge on any atom is -0.451 e. The van der Waals surface area contributed by atoms with Crippen molar-refractivity contribution in [3.63, 3.8) is 0 Å². The first-order valence-electron chi connectivity index (χ1n) is 10.0. The average molecular weight is 422 g/mol. The molecule has 5 rings (SSSR count). The predicted molar refractivity (Wildman–Crippen MR) is 113 cm³/mol. The van der Waals surface area contributed by atoms with Gasteiger partial charge in [0.05, 0.1) is 11.4 Å². The lowest BCUT2D eigenvalue weighted by molar-refractivity contribution is 0.354. The van der Waals surface area contributed by atoms with Gasteiger partial charge in [-0.3, -0.25) is 0 Å². The van der Waals surface area contributed by atoms with Crippen molar-refractivity contribution in [2.75, 3.05) is 18.8 Å². The van der Waals surface area contributed by atoms with Gasteiger partial charge in [-0.1, -0.05) is 6.07 Å². The van der Waals surface area contributed by atoms with Crippen LogP contribution in [0.3, 0.4) is 0 Å². The number of anilines is 1. The van der Waals surface area contributed by atoms with Gasteiger partial charge in [-0.2, -0.15) is 5.10 Å². The molecule has 1 fully saturated rings. The molecule has 0 amide bonds. The van der Waals surface area contributed by atoms with E-state index >= 15 is 0 Å². The van der Waals surface area contributed by atoms with Crippen LogP contribution in [0.2, 0.25) is 0 Å². The third kappa shape index (κ3) is 3.57. The Hall–Kier alpha value is -3.59. The number of fused-ring (bicyclic) bond motifs is 1. The molecule has 3 N–H and O–H groups in total. The fourth-order valence-electron chi connectivity index (χ4n) is 3.87. The Labute approximate surface area is 176 Å². The number of ether oxygens (including phenoxy) is 1. The summed E-state index contributed by atoms with van der Waals surface area (Å²) in [5.74, 6) is -1.31. The van der Waals surface area contributed by atoms with Gasteiger partial charge >= 0.3 is 0 Å². The highest BCUT2D eigenvalue weighted by molar-refractivity contribution is 5.98. The molecule has 0 spiro atoms. The molecule has 158 valence electrons. The molecule has 0 unspecified atom stereocenters. The van der Waals surface area contributed by atoms with Crippen LogP contribution in [0.25, 0.3) is 22.3 Å². The molecule has 31 heavy (non-hydrogen) atoms. The Morgan fingerprint density at radius 2 is 1.84 bits per heavy atom. The minimum atomic E-state index is -0.764. The number of hydrogen-bond donors (Lipinski definition) is 2. The molecular formula is C22H20F2N6O. The van der Waals surface area contributed by atoms with Crippen molar-refractivity contribution >= 4 is 16.9 Å². The van der Waals surface area contributed by atoms with E-state index in [0.29, 0.717) is 28.3 Å². The van der Waals surface area contributed by atoms with Gasteiger partial charge in [-0.15, -0.1) is 0 Å². The van der Waals surface area contributed by atoms with E-state index in [1.54, 1.807) is 24.3 Å². The highest BCUT2D eigenvalue weighted by atomic mass is 19.1.